The number of aryl methyl sites for hydroxylation is 1. The van der Waals surface area contributed by atoms with Gasteiger partial charge in [-0.2, -0.15) is 0 Å². The van der Waals surface area contributed by atoms with Gasteiger partial charge in [0.15, 0.2) is 0 Å². The molecule has 88 valence electrons. The highest BCUT2D eigenvalue weighted by atomic mass is 35.5. The number of rotatable bonds is 2. The SMILES string of the molecule is Cc1ccc([C@]2(CN)CCCNC2)cc1Cl. The van der Waals surface area contributed by atoms with Gasteiger partial charge in [-0.3, -0.25) is 0 Å². The van der Waals surface area contributed by atoms with Gasteiger partial charge in [0.1, 0.15) is 0 Å². The van der Waals surface area contributed by atoms with Crippen LogP contribution in [0.2, 0.25) is 5.02 Å². The first-order chi connectivity index (χ1) is 7.68. The fourth-order valence-corrected chi connectivity index (χ4v) is 2.61. The molecular formula is C13H19ClN2. The molecule has 0 bridgehead atoms. The van der Waals surface area contributed by atoms with Gasteiger partial charge in [0, 0.05) is 23.5 Å². The van der Waals surface area contributed by atoms with Gasteiger partial charge in [-0.05, 0) is 43.5 Å². The van der Waals surface area contributed by atoms with E-state index in [2.05, 4.69) is 23.5 Å². The lowest BCUT2D eigenvalue weighted by atomic mass is 9.74. The van der Waals surface area contributed by atoms with Crippen LogP contribution in [0.15, 0.2) is 18.2 Å². The van der Waals surface area contributed by atoms with Crippen molar-refractivity contribution in [3.8, 4) is 0 Å². The minimum absolute atomic E-state index is 0.0790. The Labute approximate surface area is 102 Å². The second-order valence-electron chi connectivity index (χ2n) is 4.73. The van der Waals surface area contributed by atoms with E-state index < -0.39 is 0 Å². The fraction of sp³-hybridized carbons (Fsp3) is 0.538. The van der Waals surface area contributed by atoms with Crippen molar-refractivity contribution in [3.63, 3.8) is 0 Å². The van der Waals surface area contributed by atoms with Crippen LogP contribution in [0.4, 0.5) is 0 Å². The molecule has 1 atom stereocenters. The van der Waals surface area contributed by atoms with Crippen molar-refractivity contribution < 1.29 is 0 Å². The summed E-state index contributed by atoms with van der Waals surface area (Å²) in [5.41, 5.74) is 8.46. The van der Waals surface area contributed by atoms with E-state index in [4.69, 9.17) is 17.3 Å². The lowest BCUT2D eigenvalue weighted by molar-refractivity contribution is 0.320. The maximum Gasteiger partial charge on any atom is 0.0438 e. The molecule has 0 aromatic heterocycles. The van der Waals surface area contributed by atoms with E-state index >= 15 is 0 Å². The minimum atomic E-state index is 0.0790. The number of hydrogen-bond acceptors (Lipinski definition) is 2. The number of nitrogens with one attached hydrogen (secondary N) is 1. The summed E-state index contributed by atoms with van der Waals surface area (Å²) in [6, 6.07) is 6.33. The zero-order valence-electron chi connectivity index (χ0n) is 9.72. The summed E-state index contributed by atoms with van der Waals surface area (Å²) in [5, 5.41) is 4.28. The standard InChI is InChI=1S/C13H19ClN2/c1-10-3-4-11(7-12(10)14)13(8-15)5-2-6-16-9-13/h3-4,7,16H,2,5-6,8-9,15H2,1H3/t13-/m0/s1. The summed E-state index contributed by atoms with van der Waals surface area (Å²) in [4.78, 5) is 0. The first kappa shape index (κ1) is 11.9. The third-order valence-electron chi connectivity index (χ3n) is 3.65. The summed E-state index contributed by atoms with van der Waals surface area (Å²) >= 11 is 6.19. The second kappa shape index (κ2) is 4.74. The van der Waals surface area contributed by atoms with Crippen LogP contribution in [0.5, 0.6) is 0 Å². The number of hydrogen-bond donors (Lipinski definition) is 2. The Morgan fingerprint density at radius 2 is 2.31 bits per heavy atom. The molecule has 2 rings (SSSR count). The third-order valence-corrected chi connectivity index (χ3v) is 4.05. The Morgan fingerprint density at radius 3 is 2.88 bits per heavy atom. The monoisotopic (exact) mass is 238 g/mol. The van der Waals surface area contributed by atoms with Gasteiger partial charge in [-0.15, -0.1) is 0 Å². The molecule has 1 saturated heterocycles. The zero-order chi connectivity index (χ0) is 11.6. The van der Waals surface area contributed by atoms with Gasteiger partial charge in [0.2, 0.25) is 0 Å². The van der Waals surface area contributed by atoms with Gasteiger partial charge >= 0.3 is 0 Å². The van der Waals surface area contributed by atoms with E-state index in [1.165, 1.54) is 12.0 Å². The summed E-state index contributed by atoms with van der Waals surface area (Å²) in [6.07, 6.45) is 2.33. The smallest absolute Gasteiger partial charge is 0.0438 e. The Kier molecular flexibility index (Phi) is 3.53. The summed E-state index contributed by atoms with van der Waals surface area (Å²) in [6.45, 7) is 4.77. The Balaban J connectivity index is 2.35. The molecule has 1 aromatic rings. The van der Waals surface area contributed by atoms with Gasteiger partial charge < -0.3 is 11.1 Å². The summed E-state index contributed by atoms with van der Waals surface area (Å²) in [7, 11) is 0. The fourth-order valence-electron chi connectivity index (χ4n) is 2.43. The normalized spacial score (nSPS) is 25.7. The van der Waals surface area contributed by atoms with E-state index in [1.807, 2.05) is 6.92 Å². The van der Waals surface area contributed by atoms with Crippen LogP contribution < -0.4 is 11.1 Å². The van der Waals surface area contributed by atoms with E-state index in [-0.39, 0.29) is 5.41 Å². The lowest BCUT2D eigenvalue weighted by Crippen LogP contribution is -2.48. The zero-order valence-corrected chi connectivity index (χ0v) is 10.5. The first-order valence-corrected chi connectivity index (χ1v) is 6.23. The van der Waals surface area contributed by atoms with Gasteiger partial charge in [-0.25, -0.2) is 0 Å². The molecule has 0 amide bonds. The number of piperidine rings is 1. The average Bonchev–Trinajstić information content (AvgIpc) is 2.33. The van der Waals surface area contributed by atoms with Crippen molar-refractivity contribution in [2.45, 2.75) is 25.2 Å². The molecule has 1 heterocycles. The van der Waals surface area contributed by atoms with Crippen molar-refractivity contribution in [2.24, 2.45) is 5.73 Å². The lowest BCUT2D eigenvalue weighted by Gasteiger charge is -2.37. The van der Waals surface area contributed by atoms with Crippen LogP contribution in [0, 0.1) is 6.92 Å². The first-order valence-electron chi connectivity index (χ1n) is 5.85. The second-order valence-corrected chi connectivity index (χ2v) is 5.14. The minimum Gasteiger partial charge on any atom is -0.330 e. The predicted octanol–water partition coefficient (Wildman–Crippen LogP) is 2.23. The van der Waals surface area contributed by atoms with Crippen LogP contribution in [0.1, 0.15) is 24.0 Å². The molecule has 0 saturated carbocycles. The molecule has 0 aliphatic carbocycles. The number of halogens is 1. The highest BCUT2D eigenvalue weighted by Gasteiger charge is 2.32. The van der Waals surface area contributed by atoms with E-state index in [1.54, 1.807) is 0 Å². The number of benzene rings is 1. The molecule has 2 nitrogen and oxygen atoms in total. The molecule has 0 spiro atoms. The maximum atomic E-state index is 6.19. The van der Waals surface area contributed by atoms with E-state index in [0.29, 0.717) is 6.54 Å². The van der Waals surface area contributed by atoms with Crippen molar-refractivity contribution in [2.75, 3.05) is 19.6 Å². The van der Waals surface area contributed by atoms with Crippen molar-refractivity contribution >= 4 is 11.6 Å². The Morgan fingerprint density at radius 1 is 1.50 bits per heavy atom. The molecule has 0 radical (unpaired) electrons. The van der Waals surface area contributed by atoms with Crippen molar-refractivity contribution in [3.05, 3.63) is 34.3 Å². The summed E-state index contributed by atoms with van der Waals surface area (Å²) in [5.74, 6) is 0. The van der Waals surface area contributed by atoms with Crippen LogP contribution in [0.3, 0.4) is 0 Å². The Hall–Kier alpha value is -0.570. The van der Waals surface area contributed by atoms with Crippen LogP contribution in [0.25, 0.3) is 0 Å². The highest BCUT2D eigenvalue weighted by Crippen LogP contribution is 2.32. The van der Waals surface area contributed by atoms with E-state index in [9.17, 15) is 0 Å². The molecule has 0 unspecified atom stereocenters. The molecule has 1 fully saturated rings. The molecular weight excluding hydrogens is 220 g/mol. The molecule has 1 aliphatic heterocycles. The summed E-state index contributed by atoms with van der Waals surface area (Å²) < 4.78 is 0. The quantitative estimate of drug-likeness (QED) is 0.829. The average molecular weight is 239 g/mol. The Bertz CT molecular complexity index is 370. The van der Waals surface area contributed by atoms with Crippen molar-refractivity contribution in [1.29, 1.82) is 0 Å². The van der Waals surface area contributed by atoms with Crippen LogP contribution in [-0.2, 0) is 5.41 Å². The van der Waals surface area contributed by atoms with Gasteiger partial charge in [0.25, 0.3) is 0 Å². The van der Waals surface area contributed by atoms with Crippen LogP contribution >= 0.6 is 11.6 Å². The van der Waals surface area contributed by atoms with E-state index in [0.717, 1.165) is 30.1 Å². The molecule has 1 aliphatic rings. The largest absolute Gasteiger partial charge is 0.330 e. The molecule has 3 heteroatoms. The highest BCUT2D eigenvalue weighted by molar-refractivity contribution is 6.31. The predicted molar refractivity (Wildman–Crippen MR) is 69.0 cm³/mol. The molecule has 16 heavy (non-hydrogen) atoms. The molecule has 3 N–H and O–H groups in total. The molecule has 1 aromatic carbocycles. The third kappa shape index (κ3) is 2.10. The van der Waals surface area contributed by atoms with Gasteiger partial charge in [0.05, 0.1) is 0 Å². The van der Waals surface area contributed by atoms with Crippen LogP contribution in [-0.4, -0.2) is 19.6 Å². The van der Waals surface area contributed by atoms with Gasteiger partial charge in [-0.1, -0.05) is 23.7 Å². The maximum absolute atomic E-state index is 6.19. The topological polar surface area (TPSA) is 38.0 Å². The van der Waals surface area contributed by atoms with Crippen molar-refractivity contribution in [1.82, 2.24) is 5.32 Å². The number of nitrogens with two attached hydrogens (primary N) is 1.